The third-order valence-corrected chi connectivity index (χ3v) is 4.56. The molecule has 8 heteroatoms. The van der Waals surface area contributed by atoms with Crippen LogP contribution in [0.3, 0.4) is 0 Å². The maximum atomic E-state index is 13.0. The first kappa shape index (κ1) is 19.5. The molecule has 0 fully saturated rings. The second-order valence-corrected chi connectivity index (χ2v) is 6.73. The molecule has 1 amide bonds. The molecular weight excluding hydrogens is 383 g/mol. The van der Waals surface area contributed by atoms with Crippen LogP contribution in [0.25, 0.3) is 11.3 Å². The average molecular weight is 400 g/mol. The van der Waals surface area contributed by atoms with Gasteiger partial charge in [-0.3, -0.25) is 10.1 Å². The number of amides is 1. The van der Waals surface area contributed by atoms with E-state index in [1.54, 1.807) is 29.6 Å². The van der Waals surface area contributed by atoms with Gasteiger partial charge in [-0.05, 0) is 43.3 Å². The van der Waals surface area contributed by atoms with E-state index in [1.807, 2.05) is 13.0 Å². The van der Waals surface area contributed by atoms with E-state index in [1.165, 1.54) is 30.6 Å². The molecule has 3 aromatic rings. The van der Waals surface area contributed by atoms with E-state index in [9.17, 15) is 14.0 Å². The summed E-state index contributed by atoms with van der Waals surface area (Å²) in [7, 11) is 1.45. The highest BCUT2D eigenvalue weighted by molar-refractivity contribution is 7.14. The maximum absolute atomic E-state index is 13.0. The van der Waals surface area contributed by atoms with E-state index in [2.05, 4.69) is 10.3 Å². The Labute approximate surface area is 164 Å². The molecule has 0 bridgehead atoms. The quantitative estimate of drug-likeness (QED) is 0.632. The fourth-order valence-electron chi connectivity index (χ4n) is 2.43. The third kappa shape index (κ3) is 4.72. The second-order valence-electron chi connectivity index (χ2n) is 5.87. The van der Waals surface area contributed by atoms with Gasteiger partial charge in [0.05, 0.1) is 12.8 Å². The zero-order valence-electron chi connectivity index (χ0n) is 15.2. The van der Waals surface area contributed by atoms with Crippen LogP contribution in [0.5, 0.6) is 5.75 Å². The molecule has 28 heavy (non-hydrogen) atoms. The summed E-state index contributed by atoms with van der Waals surface area (Å²) in [6.07, 6.45) is 0. The van der Waals surface area contributed by atoms with Gasteiger partial charge in [0.15, 0.2) is 11.7 Å². The number of nitrogens with zero attached hydrogens (tertiary/aromatic N) is 1. The Kier molecular flexibility index (Phi) is 6.00. The number of hydrogen-bond donors (Lipinski definition) is 1. The van der Waals surface area contributed by atoms with Crippen molar-refractivity contribution in [2.24, 2.45) is 0 Å². The highest BCUT2D eigenvalue weighted by Crippen LogP contribution is 2.25. The minimum atomic E-state index is -0.651. The number of carbonyl (C=O) groups excluding carboxylic acids is 2. The van der Waals surface area contributed by atoms with Crippen molar-refractivity contribution in [1.82, 2.24) is 4.98 Å². The number of aryl methyl sites for hydroxylation is 1. The van der Waals surface area contributed by atoms with Gasteiger partial charge in [-0.2, -0.15) is 0 Å². The van der Waals surface area contributed by atoms with Crippen LogP contribution in [-0.4, -0.2) is 30.6 Å². The zero-order valence-corrected chi connectivity index (χ0v) is 16.0. The van der Waals surface area contributed by atoms with Gasteiger partial charge in [0.2, 0.25) is 0 Å². The number of halogens is 1. The van der Waals surface area contributed by atoms with Gasteiger partial charge in [-0.25, -0.2) is 14.2 Å². The van der Waals surface area contributed by atoms with E-state index in [0.29, 0.717) is 16.6 Å². The molecule has 1 heterocycles. The smallest absolute Gasteiger partial charge is 0.342 e. The van der Waals surface area contributed by atoms with Gasteiger partial charge < -0.3 is 9.47 Å². The van der Waals surface area contributed by atoms with Gasteiger partial charge in [0, 0.05) is 10.9 Å². The normalized spacial score (nSPS) is 10.4. The lowest BCUT2D eigenvalue weighted by Crippen LogP contribution is -2.21. The highest BCUT2D eigenvalue weighted by atomic mass is 32.1. The number of thiazole rings is 1. The molecule has 0 aliphatic rings. The van der Waals surface area contributed by atoms with Crippen LogP contribution in [-0.2, 0) is 9.53 Å². The van der Waals surface area contributed by atoms with E-state index in [-0.39, 0.29) is 11.4 Å². The van der Waals surface area contributed by atoms with Crippen LogP contribution < -0.4 is 10.1 Å². The van der Waals surface area contributed by atoms with Crippen LogP contribution in [0.4, 0.5) is 9.52 Å². The molecule has 1 N–H and O–H groups in total. The Morgan fingerprint density at radius 2 is 1.93 bits per heavy atom. The number of ether oxygens (including phenoxy) is 2. The van der Waals surface area contributed by atoms with Gasteiger partial charge in [-0.1, -0.05) is 11.6 Å². The van der Waals surface area contributed by atoms with Gasteiger partial charge in [-0.15, -0.1) is 11.3 Å². The number of nitrogens with one attached hydrogen (secondary N) is 1. The van der Waals surface area contributed by atoms with E-state index in [4.69, 9.17) is 9.47 Å². The maximum Gasteiger partial charge on any atom is 0.342 e. The highest BCUT2D eigenvalue weighted by Gasteiger charge is 2.16. The van der Waals surface area contributed by atoms with Crippen LogP contribution in [0.15, 0.2) is 47.8 Å². The topological polar surface area (TPSA) is 77.5 Å². The monoisotopic (exact) mass is 400 g/mol. The number of anilines is 1. The fraction of sp³-hybridized carbons (Fsp3) is 0.150. The number of carbonyl (C=O) groups is 2. The molecule has 6 nitrogen and oxygen atoms in total. The number of aromatic nitrogens is 1. The van der Waals surface area contributed by atoms with Crippen LogP contribution >= 0.6 is 11.3 Å². The molecule has 2 aromatic carbocycles. The minimum Gasteiger partial charge on any atom is -0.496 e. The second kappa shape index (κ2) is 8.62. The summed E-state index contributed by atoms with van der Waals surface area (Å²) in [6.45, 7) is 1.38. The van der Waals surface area contributed by atoms with Crippen LogP contribution in [0, 0.1) is 12.7 Å². The van der Waals surface area contributed by atoms with Crippen molar-refractivity contribution in [2.75, 3.05) is 19.0 Å². The van der Waals surface area contributed by atoms with Gasteiger partial charge in [0.1, 0.15) is 17.1 Å². The number of methoxy groups -OCH3 is 1. The number of hydrogen-bond acceptors (Lipinski definition) is 6. The lowest BCUT2D eigenvalue weighted by atomic mass is 10.1. The Morgan fingerprint density at radius 1 is 1.18 bits per heavy atom. The first-order valence-electron chi connectivity index (χ1n) is 8.29. The van der Waals surface area contributed by atoms with E-state index in [0.717, 1.165) is 11.1 Å². The van der Waals surface area contributed by atoms with Crippen LogP contribution in [0.1, 0.15) is 15.9 Å². The molecule has 0 aliphatic carbocycles. The van der Waals surface area contributed by atoms with Crippen molar-refractivity contribution in [3.05, 3.63) is 64.8 Å². The Hall–Kier alpha value is -3.26. The molecule has 0 radical (unpaired) electrons. The molecule has 0 aliphatic heterocycles. The van der Waals surface area contributed by atoms with Crippen molar-refractivity contribution in [3.63, 3.8) is 0 Å². The van der Waals surface area contributed by atoms with E-state index < -0.39 is 18.5 Å². The Bertz CT molecular complexity index is 1000. The Morgan fingerprint density at radius 3 is 2.64 bits per heavy atom. The summed E-state index contributed by atoms with van der Waals surface area (Å²) in [5.74, 6) is -1.12. The molecule has 0 spiro atoms. The molecule has 3 rings (SSSR count). The molecular formula is C20H17FN2O4S. The summed E-state index contributed by atoms with van der Waals surface area (Å²) >= 11 is 1.22. The summed E-state index contributed by atoms with van der Waals surface area (Å²) in [4.78, 5) is 28.6. The fourth-order valence-corrected chi connectivity index (χ4v) is 3.17. The number of benzene rings is 2. The predicted molar refractivity (Wildman–Crippen MR) is 104 cm³/mol. The standard InChI is InChI=1S/C20H17FN2O4S/c1-12-3-8-17(26-2)15(9-12)19(25)27-10-18(24)23-20-22-16(11-28-20)13-4-6-14(21)7-5-13/h3-9,11H,10H2,1-2H3,(H,22,23,24). The van der Waals surface area contributed by atoms with Crippen LogP contribution in [0.2, 0.25) is 0 Å². The first-order valence-corrected chi connectivity index (χ1v) is 9.17. The average Bonchev–Trinajstić information content (AvgIpc) is 3.15. The van der Waals surface area contributed by atoms with Crippen molar-refractivity contribution >= 4 is 28.3 Å². The third-order valence-electron chi connectivity index (χ3n) is 3.80. The minimum absolute atomic E-state index is 0.253. The summed E-state index contributed by atoms with van der Waals surface area (Å²) in [6, 6.07) is 11.0. The Balaban J connectivity index is 1.58. The molecule has 0 saturated heterocycles. The van der Waals surface area contributed by atoms with E-state index >= 15 is 0 Å². The lowest BCUT2D eigenvalue weighted by molar-refractivity contribution is -0.119. The summed E-state index contributed by atoms with van der Waals surface area (Å²) in [5, 5.41) is 4.67. The van der Waals surface area contributed by atoms with Crippen molar-refractivity contribution in [3.8, 4) is 17.0 Å². The molecule has 0 saturated carbocycles. The van der Waals surface area contributed by atoms with Gasteiger partial charge in [0.25, 0.3) is 5.91 Å². The largest absolute Gasteiger partial charge is 0.496 e. The molecule has 144 valence electrons. The number of rotatable bonds is 6. The van der Waals surface area contributed by atoms with Gasteiger partial charge >= 0.3 is 5.97 Å². The van der Waals surface area contributed by atoms with Crippen molar-refractivity contribution in [2.45, 2.75) is 6.92 Å². The lowest BCUT2D eigenvalue weighted by Gasteiger charge is -2.09. The first-order chi connectivity index (χ1) is 13.5. The van der Waals surface area contributed by atoms with Crippen molar-refractivity contribution < 1.29 is 23.5 Å². The predicted octanol–water partition coefficient (Wildman–Crippen LogP) is 4.06. The molecule has 0 atom stereocenters. The molecule has 1 aromatic heterocycles. The SMILES string of the molecule is COc1ccc(C)cc1C(=O)OCC(=O)Nc1nc(-c2ccc(F)cc2)cs1. The number of esters is 1. The zero-order chi connectivity index (χ0) is 20.1. The summed E-state index contributed by atoms with van der Waals surface area (Å²) < 4.78 is 23.2. The summed E-state index contributed by atoms with van der Waals surface area (Å²) in [5.41, 5.74) is 2.47. The molecule has 0 unspecified atom stereocenters. The van der Waals surface area contributed by atoms with Crippen molar-refractivity contribution in [1.29, 1.82) is 0 Å².